The van der Waals surface area contributed by atoms with Crippen LogP contribution < -0.4 is 10.5 Å². The molecule has 0 unspecified atom stereocenters. The Morgan fingerprint density at radius 2 is 1.85 bits per heavy atom. The summed E-state index contributed by atoms with van der Waals surface area (Å²) in [5, 5.41) is 1.76. The molecule has 7 heteroatoms. The van der Waals surface area contributed by atoms with Gasteiger partial charge in [0.15, 0.2) is 0 Å². The van der Waals surface area contributed by atoms with Crippen molar-refractivity contribution >= 4 is 43.0 Å². The first kappa shape index (κ1) is 15.5. The molecule has 108 valence electrons. The van der Waals surface area contributed by atoms with Crippen LogP contribution in [0.3, 0.4) is 0 Å². The zero-order chi connectivity index (χ0) is 14.9. The maximum atomic E-state index is 12.3. The minimum atomic E-state index is -3.55. The number of rotatable bonds is 4. The van der Waals surface area contributed by atoms with Crippen molar-refractivity contribution in [3.05, 3.63) is 44.7 Å². The van der Waals surface area contributed by atoms with Crippen LogP contribution in [0.5, 0.6) is 0 Å². The van der Waals surface area contributed by atoms with E-state index in [0.717, 1.165) is 21.2 Å². The maximum Gasteiger partial charge on any atom is 0.271 e. The van der Waals surface area contributed by atoms with Gasteiger partial charge in [0.1, 0.15) is 4.21 Å². The van der Waals surface area contributed by atoms with Crippen molar-refractivity contribution in [1.82, 2.24) is 0 Å². The zero-order valence-electron chi connectivity index (χ0n) is 11.1. The molecule has 0 saturated carbocycles. The number of thiophene rings is 1. The van der Waals surface area contributed by atoms with Crippen LogP contribution in [0.1, 0.15) is 16.7 Å². The monoisotopic (exact) mass is 374 g/mol. The first-order valence-corrected chi connectivity index (χ1v) is 9.06. The summed E-state index contributed by atoms with van der Waals surface area (Å²) in [4.78, 5) is 0. The fourth-order valence-corrected chi connectivity index (χ4v) is 4.30. The van der Waals surface area contributed by atoms with E-state index in [4.69, 9.17) is 5.73 Å². The highest BCUT2D eigenvalue weighted by atomic mass is 79.9. The third kappa shape index (κ3) is 3.22. The summed E-state index contributed by atoms with van der Waals surface area (Å²) in [5.41, 5.74) is 8.85. The largest absolute Gasteiger partial charge is 0.326 e. The molecule has 0 bridgehead atoms. The van der Waals surface area contributed by atoms with Gasteiger partial charge in [0, 0.05) is 16.7 Å². The number of hydrogen-bond acceptors (Lipinski definition) is 4. The molecule has 0 fully saturated rings. The highest BCUT2D eigenvalue weighted by Crippen LogP contribution is 2.28. The van der Waals surface area contributed by atoms with Crippen molar-refractivity contribution < 1.29 is 8.42 Å². The van der Waals surface area contributed by atoms with E-state index < -0.39 is 10.0 Å². The molecule has 20 heavy (non-hydrogen) atoms. The number of benzene rings is 1. The van der Waals surface area contributed by atoms with Crippen LogP contribution in [-0.4, -0.2) is 8.42 Å². The average molecular weight is 375 g/mol. The van der Waals surface area contributed by atoms with Gasteiger partial charge in [0.25, 0.3) is 10.0 Å². The number of anilines is 1. The number of aryl methyl sites for hydroxylation is 2. The minimum Gasteiger partial charge on any atom is -0.326 e. The Balaban J connectivity index is 2.33. The van der Waals surface area contributed by atoms with Crippen LogP contribution in [0, 0.1) is 13.8 Å². The molecule has 0 spiro atoms. The SMILES string of the molecule is Cc1cc(NS(=O)(=O)c2cc(CN)cs2)cc(C)c1Br. The lowest BCUT2D eigenvalue weighted by molar-refractivity contribution is 0.603. The second kappa shape index (κ2) is 5.85. The second-order valence-electron chi connectivity index (χ2n) is 4.51. The van der Waals surface area contributed by atoms with Crippen molar-refractivity contribution in [2.24, 2.45) is 5.73 Å². The number of sulfonamides is 1. The van der Waals surface area contributed by atoms with Crippen LogP contribution in [0.2, 0.25) is 0 Å². The molecule has 0 atom stereocenters. The lowest BCUT2D eigenvalue weighted by Crippen LogP contribution is -2.12. The van der Waals surface area contributed by atoms with Gasteiger partial charge in [-0.3, -0.25) is 4.72 Å². The summed E-state index contributed by atoms with van der Waals surface area (Å²) in [5.74, 6) is 0. The highest BCUT2D eigenvalue weighted by Gasteiger charge is 2.17. The molecule has 0 aliphatic rings. The Hall–Kier alpha value is -0.890. The van der Waals surface area contributed by atoms with Gasteiger partial charge < -0.3 is 5.73 Å². The molecular weight excluding hydrogens is 360 g/mol. The molecule has 1 aromatic heterocycles. The van der Waals surface area contributed by atoms with E-state index in [1.54, 1.807) is 23.6 Å². The maximum absolute atomic E-state index is 12.3. The smallest absolute Gasteiger partial charge is 0.271 e. The van der Waals surface area contributed by atoms with Gasteiger partial charge in [0.05, 0.1) is 0 Å². The summed E-state index contributed by atoms with van der Waals surface area (Å²) >= 11 is 4.63. The quantitative estimate of drug-likeness (QED) is 0.861. The van der Waals surface area contributed by atoms with Gasteiger partial charge in [-0.2, -0.15) is 0 Å². The first-order chi connectivity index (χ1) is 9.33. The number of halogens is 1. The molecule has 2 rings (SSSR count). The normalized spacial score (nSPS) is 11.6. The van der Waals surface area contributed by atoms with Crippen LogP contribution in [0.25, 0.3) is 0 Å². The molecular formula is C13H15BrN2O2S2. The van der Waals surface area contributed by atoms with Gasteiger partial charge in [0.2, 0.25) is 0 Å². The number of nitrogens with one attached hydrogen (secondary N) is 1. The molecule has 1 heterocycles. The van der Waals surface area contributed by atoms with Crippen LogP contribution >= 0.6 is 27.3 Å². The topological polar surface area (TPSA) is 72.2 Å². The van der Waals surface area contributed by atoms with E-state index in [2.05, 4.69) is 20.7 Å². The van der Waals surface area contributed by atoms with Gasteiger partial charge in [-0.05, 0) is 54.1 Å². The number of hydrogen-bond donors (Lipinski definition) is 2. The summed E-state index contributed by atoms with van der Waals surface area (Å²) in [7, 11) is -3.55. The Morgan fingerprint density at radius 3 is 2.35 bits per heavy atom. The summed E-state index contributed by atoms with van der Waals surface area (Å²) < 4.78 is 28.4. The Bertz CT molecular complexity index is 716. The van der Waals surface area contributed by atoms with E-state index in [9.17, 15) is 8.42 Å². The molecule has 0 aliphatic heterocycles. The standard InChI is InChI=1S/C13H15BrN2O2S2/c1-8-3-11(4-9(2)13(8)14)16-20(17,18)12-5-10(6-15)7-19-12/h3-5,7,16H,6,15H2,1-2H3. The van der Waals surface area contributed by atoms with Gasteiger partial charge in [-0.1, -0.05) is 15.9 Å². The molecule has 2 aromatic rings. The fourth-order valence-electron chi connectivity index (χ4n) is 1.81. The van der Waals surface area contributed by atoms with Crippen LogP contribution in [0.15, 0.2) is 32.3 Å². The van der Waals surface area contributed by atoms with Crippen molar-refractivity contribution in [1.29, 1.82) is 0 Å². The summed E-state index contributed by atoms with van der Waals surface area (Å²) in [6.45, 7) is 4.18. The Kier molecular flexibility index (Phi) is 4.53. The predicted molar refractivity (Wildman–Crippen MR) is 86.6 cm³/mol. The Morgan fingerprint density at radius 1 is 1.25 bits per heavy atom. The van der Waals surface area contributed by atoms with Crippen molar-refractivity contribution in [2.75, 3.05) is 4.72 Å². The van der Waals surface area contributed by atoms with E-state index in [-0.39, 0.29) is 4.21 Å². The zero-order valence-corrected chi connectivity index (χ0v) is 14.3. The Labute approximate surface area is 131 Å². The van der Waals surface area contributed by atoms with Crippen LogP contribution in [0.4, 0.5) is 5.69 Å². The summed E-state index contributed by atoms with van der Waals surface area (Å²) in [6.07, 6.45) is 0. The van der Waals surface area contributed by atoms with E-state index >= 15 is 0 Å². The third-order valence-corrected chi connectivity index (χ3v) is 6.94. The average Bonchev–Trinajstić information content (AvgIpc) is 2.85. The summed E-state index contributed by atoms with van der Waals surface area (Å²) in [6, 6.07) is 5.20. The van der Waals surface area contributed by atoms with Gasteiger partial charge in [-0.25, -0.2) is 8.42 Å². The molecule has 0 radical (unpaired) electrons. The van der Waals surface area contributed by atoms with Crippen molar-refractivity contribution in [3.63, 3.8) is 0 Å². The molecule has 0 amide bonds. The molecule has 3 N–H and O–H groups in total. The van der Waals surface area contributed by atoms with Gasteiger partial charge in [-0.15, -0.1) is 11.3 Å². The molecule has 0 saturated heterocycles. The lowest BCUT2D eigenvalue weighted by atomic mass is 10.1. The van der Waals surface area contributed by atoms with E-state index in [1.807, 2.05) is 13.8 Å². The second-order valence-corrected chi connectivity index (χ2v) is 8.12. The van der Waals surface area contributed by atoms with E-state index in [1.165, 1.54) is 11.3 Å². The fraction of sp³-hybridized carbons (Fsp3) is 0.231. The highest BCUT2D eigenvalue weighted by molar-refractivity contribution is 9.10. The van der Waals surface area contributed by atoms with Gasteiger partial charge >= 0.3 is 0 Å². The lowest BCUT2D eigenvalue weighted by Gasteiger charge is -2.10. The minimum absolute atomic E-state index is 0.274. The van der Waals surface area contributed by atoms with Crippen LogP contribution in [-0.2, 0) is 16.6 Å². The molecule has 1 aromatic carbocycles. The van der Waals surface area contributed by atoms with Crippen molar-refractivity contribution in [3.8, 4) is 0 Å². The molecule has 0 aliphatic carbocycles. The third-order valence-electron chi connectivity index (χ3n) is 2.82. The van der Waals surface area contributed by atoms with Crippen molar-refractivity contribution in [2.45, 2.75) is 24.6 Å². The van der Waals surface area contributed by atoms with E-state index in [0.29, 0.717) is 12.2 Å². The predicted octanol–water partition coefficient (Wildman–Crippen LogP) is 3.39. The first-order valence-electron chi connectivity index (χ1n) is 5.90. The molecule has 4 nitrogen and oxygen atoms in total. The number of nitrogens with two attached hydrogens (primary N) is 1.